The third-order valence-electron chi connectivity index (χ3n) is 4.36. The Balaban J connectivity index is 2.35. The molecular weight excluding hydrogens is 318 g/mol. The molecule has 0 spiro atoms. The highest BCUT2D eigenvalue weighted by atomic mass is 16.2. The van der Waals surface area contributed by atoms with Crippen molar-refractivity contribution < 1.29 is 9.59 Å². The standard InChI is InChI=1S/C18H29N5O2/c1-5-22(6-2)18(25)14-11-15(21-17(24)13(3)4)16(20-12-14)23-9-7-19-8-10-23/h11-13,19H,5-10H2,1-4H3,(H,21,24). The molecule has 0 unspecified atom stereocenters. The van der Waals surface area contributed by atoms with Crippen LogP contribution in [0.3, 0.4) is 0 Å². The van der Waals surface area contributed by atoms with Crippen molar-refractivity contribution in [2.24, 2.45) is 5.92 Å². The molecule has 0 atom stereocenters. The van der Waals surface area contributed by atoms with Crippen LogP contribution in [-0.4, -0.2) is 61.0 Å². The predicted molar refractivity (Wildman–Crippen MR) is 100 cm³/mol. The highest BCUT2D eigenvalue weighted by molar-refractivity contribution is 5.99. The zero-order chi connectivity index (χ0) is 18.4. The topological polar surface area (TPSA) is 77.6 Å². The lowest BCUT2D eigenvalue weighted by Gasteiger charge is -2.30. The van der Waals surface area contributed by atoms with Crippen molar-refractivity contribution in [1.82, 2.24) is 15.2 Å². The number of hydrogen-bond acceptors (Lipinski definition) is 5. The van der Waals surface area contributed by atoms with E-state index in [2.05, 4.69) is 20.5 Å². The van der Waals surface area contributed by atoms with Gasteiger partial charge in [-0.2, -0.15) is 0 Å². The molecule has 7 nitrogen and oxygen atoms in total. The number of anilines is 2. The summed E-state index contributed by atoms with van der Waals surface area (Å²) in [5, 5.41) is 6.25. The molecule has 0 aromatic carbocycles. The number of nitrogens with one attached hydrogen (secondary N) is 2. The molecule has 7 heteroatoms. The molecule has 138 valence electrons. The van der Waals surface area contributed by atoms with E-state index in [-0.39, 0.29) is 17.7 Å². The second-order valence-corrected chi connectivity index (χ2v) is 6.45. The van der Waals surface area contributed by atoms with Crippen molar-refractivity contribution >= 4 is 23.3 Å². The average Bonchev–Trinajstić information content (AvgIpc) is 2.63. The molecule has 0 aliphatic carbocycles. The lowest BCUT2D eigenvalue weighted by molar-refractivity contribution is -0.118. The molecule has 2 amide bonds. The van der Waals surface area contributed by atoms with Gasteiger partial charge in [0.15, 0.2) is 5.82 Å². The largest absolute Gasteiger partial charge is 0.352 e. The molecular formula is C18H29N5O2. The summed E-state index contributed by atoms with van der Waals surface area (Å²) in [4.78, 5) is 33.2. The Labute approximate surface area is 149 Å². The zero-order valence-electron chi connectivity index (χ0n) is 15.6. The highest BCUT2D eigenvalue weighted by Crippen LogP contribution is 2.26. The normalized spacial score (nSPS) is 14.5. The molecule has 2 N–H and O–H groups in total. The first-order valence-corrected chi connectivity index (χ1v) is 9.03. The number of carbonyl (C=O) groups excluding carboxylic acids is 2. The molecule has 1 aliphatic heterocycles. The minimum Gasteiger partial charge on any atom is -0.352 e. The Hall–Kier alpha value is -2.15. The molecule has 1 aromatic rings. The monoisotopic (exact) mass is 347 g/mol. The van der Waals surface area contributed by atoms with Crippen LogP contribution >= 0.6 is 0 Å². The van der Waals surface area contributed by atoms with Gasteiger partial charge in [0.1, 0.15) is 0 Å². The lowest BCUT2D eigenvalue weighted by atomic mass is 10.1. The van der Waals surface area contributed by atoms with Crippen molar-refractivity contribution in [2.45, 2.75) is 27.7 Å². The quantitative estimate of drug-likeness (QED) is 0.817. The lowest BCUT2D eigenvalue weighted by Crippen LogP contribution is -2.44. The maximum absolute atomic E-state index is 12.6. The fourth-order valence-electron chi connectivity index (χ4n) is 2.77. The summed E-state index contributed by atoms with van der Waals surface area (Å²) in [6.45, 7) is 12.3. The van der Waals surface area contributed by atoms with Crippen LogP contribution in [0, 0.1) is 5.92 Å². The number of aromatic nitrogens is 1. The summed E-state index contributed by atoms with van der Waals surface area (Å²) >= 11 is 0. The van der Waals surface area contributed by atoms with Crippen molar-refractivity contribution in [3.63, 3.8) is 0 Å². The van der Waals surface area contributed by atoms with Crippen LogP contribution in [0.15, 0.2) is 12.3 Å². The van der Waals surface area contributed by atoms with E-state index in [1.807, 2.05) is 27.7 Å². The molecule has 0 bridgehead atoms. The van der Waals surface area contributed by atoms with Crippen LogP contribution in [0.25, 0.3) is 0 Å². The number of rotatable bonds is 6. The van der Waals surface area contributed by atoms with Crippen molar-refractivity contribution in [3.8, 4) is 0 Å². The van der Waals surface area contributed by atoms with E-state index in [4.69, 9.17) is 0 Å². The molecule has 1 saturated heterocycles. The molecule has 1 fully saturated rings. The summed E-state index contributed by atoms with van der Waals surface area (Å²) in [7, 11) is 0. The van der Waals surface area contributed by atoms with Gasteiger partial charge in [0.05, 0.1) is 11.3 Å². The van der Waals surface area contributed by atoms with Gasteiger partial charge in [-0.3, -0.25) is 9.59 Å². The van der Waals surface area contributed by atoms with E-state index in [1.54, 1.807) is 17.2 Å². The zero-order valence-corrected chi connectivity index (χ0v) is 15.6. The smallest absolute Gasteiger partial charge is 0.255 e. The van der Waals surface area contributed by atoms with Crippen LogP contribution in [0.1, 0.15) is 38.1 Å². The summed E-state index contributed by atoms with van der Waals surface area (Å²) in [6.07, 6.45) is 1.61. The van der Waals surface area contributed by atoms with Crippen LogP contribution in [-0.2, 0) is 4.79 Å². The van der Waals surface area contributed by atoms with Gasteiger partial charge in [0.2, 0.25) is 5.91 Å². The van der Waals surface area contributed by atoms with Gasteiger partial charge in [-0.05, 0) is 19.9 Å². The van der Waals surface area contributed by atoms with Gasteiger partial charge in [-0.15, -0.1) is 0 Å². The SMILES string of the molecule is CCN(CC)C(=O)c1cnc(N2CCNCC2)c(NC(=O)C(C)C)c1. The Bertz CT molecular complexity index is 607. The minimum atomic E-state index is -0.141. The molecule has 0 saturated carbocycles. The summed E-state index contributed by atoms with van der Waals surface area (Å²) in [5.74, 6) is 0.444. The van der Waals surface area contributed by atoms with Crippen molar-refractivity contribution in [1.29, 1.82) is 0 Å². The third-order valence-corrected chi connectivity index (χ3v) is 4.36. The highest BCUT2D eigenvalue weighted by Gasteiger charge is 2.21. The molecule has 25 heavy (non-hydrogen) atoms. The first kappa shape index (κ1) is 19.2. The molecule has 1 aromatic heterocycles. The summed E-state index contributed by atoms with van der Waals surface area (Å²) in [6, 6.07) is 1.76. The first-order chi connectivity index (χ1) is 12.0. The van der Waals surface area contributed by atoms with Crippen LogP contribution < -0.4 is 15.5 Å². The minimum absolute atomic E-state index is 0.0654. The van der Waals surface area contributed by atoms with Crippen molar-refractivity contribution in [3.05, 3.63) is 17.8 Å². The Kier molecular flexibility index (Phi) is 6.75. The van der Waals surface area contributed by atoms with Crippen LogP contribution in [0.4, 0.5) is 11.5 Å². The van der Waals surface area contributed by atoms with Crippen molar-refractivity contribution in [2.75, 3.05) is 49.5 Å². The maximum Gasteiger partial charge on any atom is 0.255 e. The summed E-state index contributed by atoms with van der Waals surface area (Å²) < 4.78 is 0. The molecule has 2 heterocycles. The second kappa shape index (κ2) is 8.80. The van der Waals surface area contributed by atoms with Gasteiger partial charge in [0.25, 0.3) is 5.91 Å². The van der Waals surface area contributed by atoms with E-state index in [0.717, 1.165) is 32.0 Å². The van der Waals surface area contributed by atoms with Gasteiger partial charge in [-0.25, -0.2) is 4.98 Å². The fraction of sp³-hybridized carbons (Fsp3) is 0.611. The van der Waals surface area contributed by atoms with Crippen LogP contribution in [0.2, 0.25) is 0 Å². The Morgan fingerprint density at radius 1 is 1.28 bits per heavy atom. The fourth-order valence-corrected chi connectivity index (χ4v) is 2.77. The predicted octanol–water partition coefficient (Wildman–Crippen LogP) is 1.57. The number of hydrogen-bond donors (Lipinski definition) is 2. The second-order valence-electron chi connectivity index (χ2n) is 6.45. The third kappa shape index (κ3) is 4.69. The maximum atomic E-state index is 12.6. The van der Waals surface area contributed by atoms with E-state index in [9.17, 15) is 9.59 Å². The number of amides is 2. The number of piperazine rings is 1. The Morgan fingerprint density at radius 3 is 2.48 bits per heavy atom. The van der Waals surface area contributed by atoms with Gasteiger partial charge >= 0.3 is 0 Å². The van der Waals surface area contributed by atoms with E-state index in [1.165, 1.54) is 0 Å². The van der Waals surface area contributed by atoms with Gasteiger partial charge in [0, 0.05) is 51.4 Å². The van der Waals surface area contributed by atoms with E-state index >= 15 is 0 Å². The first-order valence-electron chi connectivity index (χ1n) is 9.03. The number of carbonyl (C=O) groups is 2. The summed E-state index contributed by atoms with van der Waals surface area (Å²) in [5.41, 5.74) is 1.11. The van der Waals surface area contributed by atoms with Gasteiger partial charge < -0.3 is 20.4 Å². The number of pyridine rings is 1. The van der Waals surface area contributed by atoms with Crippen LogP contribution in [0.5, 0.6) is 0 Å². The van der Waals surface area contributed by atoms with E-state index < -0.39 is 0 Å². The van der Waals surface area contributed by atoms with Gasteiger partial charge in [-0.1, -0.05) is 13.8 Å². The Morgan fingerprint density at radius 2 is 1.92 bits per heavy atom. The molecule has 0 radical (unpaired) electrons. The number of nitrogens with zero attached hydrogens (tertiary/aromatic N) is 3. The average molecular weight is 347 g/mol. The molecule has 1 aliphatic rings. The molecule has 2 rings (SSSR count). The van der Waals surface area contributed by atoms with E-state index in [0.29, 0.717) is 24.3 Å².